The van der Waals surface area contributed by atoms with Crippen LogP contribution in [0.25, 0.3) is 21.9 Å². The van der Waals surface area contributed by atoms with Crippen LogP contribution in [0.3, 0.4) is 0 Å². The molecule has 0 amide bonds. The van der Waals surface area contributed by atoms with Crippen molar-refractivity contribution >= 4 is 51.1 Å². The minimum Gasteiger partial charge on any atom is -0.466 e. The number of rotatable bonds is 3. The highest BCUT2D eigenvalue weighted by atomic mass is 35.5. The number of hydrogen-bond donors (Lipinski definition) is 0. The summed E-state index contributed by atoms with van der Waals surface area (Å²) in [5, 5.41) is 2.64. The fourth-order valence-corrected chi connectivity index (χ4v) is 2.75. The molecule has 5 heteroatoms. The number of carbonyl (C=O) groups excluding carboxylic acids is 1. The number of esters is 1. The van der Waals surface area contributed by atoms with Crippen molar-refractivity contribution in [3.8, 4) is 0 Å². The van der Waals surface area contributed by atoms with Crippen LogP contribution in [0.5, 0.6) is 0 Å². The van der Waals surface area contributed by atoms with Gasteiger partial charge in [0, 0.05) is 10.8 Å². The van der Waals surface area contributed by atoms with Crippen LogP contribution in [0.15, 0.2) is 34.7 Å². The average molecular weight is 323 g/mol. The standard InChI is InChI=1S/C16H12Cl2O3/c1-2-20-14(19)8-9-3-4-10-13(7-9)21-12-6-5-11(17)16(18)15(10)12/h3-7H,2,8H2,1H3. The van der Waals surface area contributed by atoms with Crippen molar-refractivity contribution in [3.05, 3.63) is 45.9 Å². The predicted octanol–water partition coefficient (Wildman–Crippen LogP) is 5.00. The first-order valence-corrected chi connectivity index (χ1v) is 7.30. The van der Waals surface area contributed by atoms with Gasteiger partial charge in [0.1, 0.15) is 11.2 Å². The summed E-state index contributed by atoms with van der Waals surface area (Å²) in [4.78, 5) is 11.5. The molecule has 1 aromatic heterocycles. The third kappa shape index (κ3) is 2.59. The van der Waals surface area contributed by atoms with E-state index in [4.69, 9.17) is 32.4 Å². The fraction of sp³-hybridized carbons (Fsp3) is 0.188. The zero-order chi connectivity index (χ0) is 15.0. The van der Waals surface area contributed by atoms with Crippen molar-refractivity contribution < 1.29 is 13.9 Å². The third-order valence-corrected chi connectivity index (χ3v) is 4.05. The van der Waals surface area contributed by atoms with E-state index in [-0.39, 0.29) is 12.4 Å². The van der Waals surface area contributed by atoms with Gasteiger partial charge in [-0.25, -0.2) is 0 Å². The van der Waals surface area contributed by atoms with Gasteiger partial charge in [-0.2, -0.15) is 0 Å². The fourth-order valence-electron chi connectivity index (χ4n) is 2.33. The topological polar surface area (TPSA) is 39.4 Å². The maximum absolute atomic E-state index is 11.5. The zero-order valence-corrected chi connectivity index (χ0v) is 12.8. The molecule has 2 aromatic carbocycles. The van der Waals surface area contributed by atoms with Crippen LogP contribution in [0.4, 0.5) is 0 Å². The number of carbonyl (C=O) groups is 1. The molecule has 3 aromatic rings. The summed E-state index contributed by atoms with van der Waals surface area (Å²) in [5.41, 5.74) is 2.19. The van der Waals surface area contributed by atoms with Crippen LogP contribution in [0, 0.1) is 0 Å². The summed E-state index contributed by atoms with van der Waals surface area (Å²) in [6, 6.07) is 9.07. The van der Waals surface area contributed by atoms with Gasteiger partial charge in [-0.15, -0.1) is 0 Å². The lowest BCUT2D eigenvalue weighted by atomic mass is 10.1. The van der Waals surface area contributed by atoms with Crippen LogP contribution < -0.4 is 0 Å². The van der Waals surface area contributed by atoms with E-state index in [1.165, 1.54) is 0 Å². The van der Waals surface area contributed by atoms with Gasteiger partial charge < -0.3 is 9.15 Å². The first-order valence-electron chi connectivity index (χ1n) is 6.55. The van der Waals surface area contributed by atoms with Gasteiger partial charge in [0.05, 0.1) is 23.1 Å². The maximum Gasteiger partial charge on any atom is 0.310 e. The number of hydrogen-bond acceptors (Lipinski definition) is 3. The molecule has 0 aliphatic rings. The Bertz CT molecular complexity index is 836. The molecule has 3 rings (SSSR count). The molecular weight excluding hydrogens is 311 g/mol. The minimum atomic E-state index is -0.256. The van der Waals surface area contributed by atoms with E-state index in [1.54, 1.807) is 19.1 Å². The van der Waals surface area contributed by atoms with Crippen LogP contribution in [-0.2, 0) is 16.0 Å². The van der Waals surface area contributed by atoms with Crippen LogP contribution in [0.1, 0.15) is 12.5 Å². The molecule has 0 bridgehead atoms. The van der Waals surface area contributed by atoms with Crippen LogP contribution >= 0.6 is 23.2 Å². The molecule has 0 spiro atoms. The van der Waals surface area contributed by atoms with E-state index >= 15 is 0 Å². The third-order valence-electron chi connectivity index (χ3n) is 3.25. The Morgan fingerprint density at radius 1 is 1.19 bits per heavy atom. The van der Waals surface area contributed by atoms with Crippen molar-refractivity contribution in [2.75, 3.05) is 6.61 Å². The number of ether oxygens (including phenoxy) is 1. The Kier molecular flexibility index (Phi) is 3.79. The molecule has 1 heterocycles. The molecule has 3 nitrogen and oxygen atoms in total. The molecule has 0 saturated heterocycles. The van der Waals surface area contributed by atoms with Gasteiger partial charge in [0.15, 0.2) is 0 Å². The summed E-state index contributed by atoms with van der Waals surface area (Å²) in [6.45, 7) is 2.16. The van der Waals surface area contributed by atoms with E-state index in [0.29, 0.717) is 27.8 Å². The van der Waals surface area contributed by atoms with Crippen LogP contribution in [-0.4, -0.2) is 12.6 Å². The Balaban J connectivity index is 2.09. The molecule has 108 valence electrons. The molecule has 0 N–H and O–H groups in total. The molecule has 0 radical (unpaired) electrons. The number of fused-ring (bicyclic) bond motifs is 3. The van der Waals surface area contributed by atoms with Crippen molar-refractivity contribution in [1.82, 2.24) is 0 Å². The summed E-state index contributed by atoms with van der Waals surface area (Å²) < 4.78 is 10.7. The zero-order valence-electron chi connectivity index (χ0n) is 11.3. The molecule has 0 atom stereocenters. The van der Waals surface area contributed by atoms with Gasteiger partial charge in [-0.3, -0.25) is 4.79 Å². The summed E-state index contributed by atoms with van der Waals surface area (Å²) in [7, 11) is 0. The lowest BCUT2D eigenvalue weighted by Crippen LogP contribution is -2.07. The first-order chi connectivity index (χ1) is 10.1. The average Bonchev–Trinajstić information content (AvgIpc) is 2.81. The van der Waals surface area contributed by atoms with E-state index in [2.05, 4.69) is 0 Å². The second-order valence-electron chi connectivity index (χ2n) is 4.65. The Labute approximate surface area is 131 Å². The smallest absolute Gasteiger partial charge is 0.310 e. The maximum atomic E-state index is 11.5. The van der Waals surface area contributed by atoms with Gasteiger partial charge in [0.25, 0.3) is 0 Å². The van der Waals surface area contributed by atoms with Gasteiger partial charge in [-0.1, -0.05) is 35.3 Å². The highest BCUT2D eigenvalue weighted by Gasteiger charge is 2.14. The Hall–Kier alpha value is -1.71. The molecule has 0 fully saturated rings. The summed E-state index contributed by atoms with van der Waals surface area (Å²) >= 11 is 12.3. The first kappa shape index (κ1) is 14.2. The molecule has 0 aliphatic heterocycles. The van der Waals surface area contributed by atoms with E-state index < -0.39 is 0 Å². The molecule has 21 heavy (non-hydrogen) atoms. The van der Waals surface area contributed by atoms with Crippen molar-refractivity contribution in [2.45, 2.75) is 13.3 Å². The Morgan fingerprint density at radius 2 is 2.00 bits per heavy atom. The highest BCUT2D eigenvalue weighted by molar-refractivity contribution is 6.46. The minimum absolute atomic E-state index is 0.218. The van der Waals surface area contributed by atoms with Crippen molar-refractivity contribution in [2.24, 2.45) is 0 Å². The van der Waals surface area contributed by atoms with Gasteiger partial charge in [0.2, 0.25) is 0 Å². The monoisotopic (exact) mass is 322 g/mol. The molecular formula is C16H12Cl2O3. The van der Waals surface area contributed by atoms with E-state index in [1.807, 2.05) is 18.2 Å². The molecule has 0 aliphatic carbocycles. The van der Waals surface area contributed by atoms with Gasteiger partial charge >= 0.3 is 5.97 Å². The van der Waals surface area contributed by atoms with Crippen molar-refractivity contribution in [3.63, 3.8) is 0 Å². The lowest BCUT2D eigenvalue weighted by molar-refractivity contribution is -0.142. The van der Waals surface area contributed by atoms with Gasteiger partial charge in [-0.05, 0) is 30.7 Å². The number of benzene rings is 2. The largest absolute Gasteiger partial charge is 0.466 e. The SMILES string of the molecule is CCOC(=O)Cc1ccc2c(c1)oc1ccc(Cl)c(Cl)c12. The van der Waals surface area contributed by atoms with Crippen LogP contribution in [0.2, 0.25) is 10.0 Å². The second-order valence-corrected chi connectivity index (χ2v) is 5.43. The second kappa shape index (κ2) is 5.58. The quantitative estimate of drug-likeness (QED) is 0.637. The molecule has 0 saturated carbocycles. The number of halogens is 2. The Morgan fingerprint density at radius 3 is 2.76 bits per heavy atom. The summed E-state index contributed by atoms with van der Waals surface area (Å²) in [6.07, 6.45) is 0.218. The highest BCUT2D eigenvalue weighted by Crippen LogP contribution is 2.38. The normalized spacial score (nSPS) is 11.2. The van der Waals surface area contributed by atoms with Crippen molar-refractivity contribution in [1.29, 1.82) is 0 Å². The predicted molar refractivity (Wildman–Crippen MR) is 84.1 cm³/mol. The summed E-state index contributed by atoms with van der Waals surface area (Å²) in [5.74, 6) is -0.256. The van der Waals surface area contributed by atoms with E-state index in [9.17, 15) is 4.79 Å². The lowest BCUT2D eigenvalue weighted by Gasteiger charge is -2.01. The van der Waals surface area contributed by atoms with E-state index in [0.717, 1.165) is 16.3 Å². The molecule has 0 unspecified atom stereocenters. The number of furan rings is 1.